The quantitative estimate of drug-likeness (QED) is 0.435. The molecular weight excluding hydrogens is 280 g/mol. The lowest BCUT2D eigenvalue weighted by atomic mass is 9.74. The van der Waals surface area contributed by atoms with Crippen LogP contribution in [0.4, 0.5) is 0 Å². The van der Waals surface area contributed by atoms with Crippen molar-refractivity contribution in [3.63, 3.8) is 0 Å². The van der Waals surface area contributed by atoms with Crippen LogP contribution in [0.3, 0.4) is 0 Å². The number of ether oxygens (including phenoxy) is 3. The second-order valence-corrected chi connectivity index (χ2v) is 6.47. The predicted molar refractivity (Wildman–Crippen MR) is 69.5 cm³/mol. The number of methoxy groups -OCH3 is 1. The first-order valence-electron chi connectivity index (χ1n) is 6.95. The van der Waals surface area contributed by atoms with E-state index in [0.29, 0.717) is 6.42 Å². The maximum atomic E-state index is 12.4. The SMILES string of the molecule is COC1(C)CC(C(C)C)C2(OO1)C(=O)OC(C)(C)OC2=O. The van der Waals surface area contributed by atoms with E-state index in [4.69, 9.17) is 24.0 Å². The number of hydrogen-bond donors (Lipinski definition) is 0. The lowest BCUT2D eigenvalue weighted by Crippen LogP contribution is -2.68. The highest BCUT2D eigenvalue weighted by atomic mass is 17.2. The highest BCUT2D eigenvalue weighted by Gasteiger charge is 2.67. The van der Waals surface area contributed by atoms with Crippen LogP contribution < -0.4 is 0 Å². The van der Waals surface area contributed by atoms with Gasteiger partial charge < -0.3 is 14.2 Å². The zero-order valence-corrected chi connectivity index (χ0v) is 13.2. The van der Waals surface area contributed by atoms with E-state index >= 15 is 0 Å². The summed E-state index contributed by atoms with van der Waals surface area (Å²) in [5.41, 5.74) is -1.90. The summed E-state index contributed by atoms with van der Waals surface area (Å²) in [6, 6.07) is 0. The van der Waals surface area contributed by atoms with Gasteiger partial charge in [-0.25, -0.2) is 14.5 Å². The van der Waals surface area contributed by atoms with E-state index in [2.05, 4.69) is 0 Å². The highest BCUT2D eigenvalue weighted by Crippen LogP contribution is 2.46. The molecule has 2 fully saturated rings. The van der Waals surface area contributed by atoms with Gasteiger partial charge in [-0.05, 0) is 12.8 Å². The van der Waals surface area contributed by atoms with Gasteiger partial charge in [0.25, 0.3) is 11.4 Å². The van der Waals surface area contributed by atoms with Crippen molar-refractivity contribution in [3.05, 3.63) is 0 Å². The first-order valence-corrected chi connectivity index (χ1v) is 6.95. The van der Waals surface area contributed by atoms with Crippen molar-refractivity contribution in [1.82, 2.24) is 0 Å². The van der Waals surface area contributed by atoms with E-state index in [-0.39, 0.29) is 5.92 Å². The van der Waals surface area contributed by atoms with Crippen LogP contribution in [-0.2, 0) is 33.6 Å². The minimum Gasteiger partial charge on any atom is -0.420 e. The average molecular weight is 302 g/mol. The van der Waals surface area contributed by atoms with E-state index < -0.39 is 35.0 Å². The molecule has 2 atom stereocenters. The van der Waals surface area contributed by atoms with Crippen molar-refractivity contribution in [2.75, 3.05) is 7.11 Å². The van der Waals surface area contributed by atoms with Gasteiger partial charge in [0.15, 0.2) is 5.79 Å². The smallest absolute Gasteiger partial charge is 0.357 e. The molecule has 1 spiro atoms. The first-order chi connectivity index (χ1) is 9.56. The predicted octanol–water partition coefficient (Wildman–Crippen LogP) is 1.55. The molecule has 0 radical (unpaired) electrons. The zero-order chi connectivity index (χ0) is 16.1. The van der Waals surface area contributed by atoms with Crippen molar-refractivity contribution in [2.24, 2.45) is 11.8 Å². The van der Waals surface area contributed by atoms with Crippen molar-refractivity contribution in [1.29, 1.82) is 0 Å². The second kappa shape index (κ2) is 4.93. The Bertz CT molecular complexity index is 436. The molecule has 2 aliphatic rings. The molecule has 0 saturated carbocycles. The van der Waals surface area contributed by atoms with Crippen LogP contribution >= 0.6 is 0 Å². The van der Waals surface area contributed by atoms with E-state index in [0.717, 1.165) is 0 Å². The Morgan fingerprint density at radius 1 is 1.10 bits per heavy atom. The van der Waals surface area contributed by atoms with Gasteiger partial charge in [-0.3, -0.25) is 0 Å². The largest absolute Gasteiger partial charge is 0.420 e. The lowest BCUT2D eigenvalue weighted by molar-refractivity contribution is -0.489. The monoisotopic (exact) mass is 302 g/mol. The summed E-state index contributed by atoms with van der Waals surface area (Å²) in [6.07, 6.45) is 0.297. The number of carbonyl (C=O) groups is 2. The van der Waals surface area contributed by atoms with Gasteiger partial charge >= 0.3 is 11.9 Å². The average Bonchev–Trinajstić information content (AvgIpc) is 2.36. The maximum Gasteiger partial charge on any atom is 0.357 e. The molecule has 0 aromatic rings. The summed E-state index contributed by atoms with van der Waals surface area (Å²) < 4.78 is 15.6. The Morgan fingerprint density at radius 2 is 1.62 bits per heavy atom. The van der Waals surface area contributed by atoms with Crippen LogP contribution in [0, 0.1) is 11.8 Å². The second-order valence-electron chi connectivity index (χ2n) is 6.47. The summed E-state index contributed by atoms with van der Waals surface area (Å²) in [5.74, 6) is -4.47. The zero-order valence-electron chi connectivity index (χ0n) is 13.2. The molecule has 0 bridgehead atoms. The lowest BCUT2D eigenvalue weighted by Gasteiger charge is -2.49. The van der Waals surface area contributed by atoms with E-state index in [1.165, 1.54) is 21.0 Å². The molecule has 0 aromatic heterocycles. The molecular formula is C14H22O7. The van der Waals surface area contributed by atoms with Gasteiger partial charge in [-0.15, -0.1) is 0 Å². The minimum absolute atomic E-state index is 0.0512. The van der Waals surface area contributed by atoms with E-state index in [1.807, 2.05) is 13.8 Å². The molecule has 0 amide bonds. The first kappa shape index (κ1) is 16.2. The Balaban J connectivity index is 2.40. The third-order valence-electron chi connectivity index (χ3n) is 3.98. The molecule has 7 nitrogen and oxygen atoms in total. The fourth-order valence-corrected chi connectivity index (χ4v) is 2.69. The molecule has 21 heavy (non-hydrogen) atoms. The van der Waals surface area contributed by atoms with Crippen LogP contribution in [-0.4, -0.2) is 36.2 Å². The molecule has 2 aliphatic heterocycles. The van der Waals surface area contributed by atoms with Crippen LogP contribution in [0.5, 0.6) is 0 Å². The fourth-order valence-electron chi connectivity index (χ4n) is 2.69. The van der Waals surface area contributed by atoms with E-state index in [9.17, 15) is 9.59 Å². The number of cyclic esters (lactones) is 2. The molecule has 120 valence electrons. The van der Waals surface area contributed by atoms with Gasteiger partial charge in [-0.2, -0.15) is 4.89 Å². The summed E-state index contributed by atoms with van der Waals surface area (Å²) in [4.78, 5) is 35.3. The Kier molecular flexibility index (Phi) is 3.80. The Labute approximate surface area is 123 Å². The van der Waals surface area contributed by atoms with Crippen LogP contribution in [0.2, 0.25) is 0 Å². The minimum atomic E-state index is -1.90. The van der Waals surface area contributed by atoms with Gasteiger partial charge in [-0.1, -0.05) is 13.8 Å². The van der Waals surface area contributed by atoms with Crippen LogP contribution in [0.1, 0.15) is 41.0 Å². The summed E-state index contributed by atoms with van der Waals surface area (Å²) in [7, 11) is 1.47. The highest BCUT2D eigenvalue weighted by molar-refractivity contribution is 6.05. The molecule has 0 N–H and O–H groups in total. The van der Waals surface area contributed by atoms with Crippen LogP contribution in [0.15, 0.2) is 0 Å². The van der Waals surface area contributed by atoms with Gasteiger partial charge in [0.05, 0.1) is 0 Å². The molecule has 2 heterocycles. The van der Waals surface area contributed by atoms with Crippen molar-refractivity contribution in [3.8, 4) is 0 Å². The van der Waals surface area contributed by atoms with Crippen LogP contribution in [0.25, 0.3) is 0 Å². The Hall–Kier alpha value is -1.18. The number of esters is 2. The molecule has 0 aliphatic carbocycles. The summed E-state index contributed by atoms with van der Waals surface area (Å²) in [6.45, 7) is 8.43. The normalized spacial score (nSPS) is 34.7. The number of rotatable bonds is 2. The van der Waals surface area contributed by atoms with Gasteiger partial charge in [0.1, 0.15) is 0 Å². The van der Waals surface area contributed by atoms with Gasteiger partial charge in [0, 0.05) is 33.3 Å². The summed E-state index contributed by atoms with van der Waals surface area (Å²) >= 11 is 0. The van der Waals surface area contributed by atoms with E-state index in [1.54, 1.807) is 6.92 Å². The van der Waals surface area contributed by atoms with Crippen molar-refractivity contribution in [2.45, 2.75) is 58.2 Å². The molecule has 2 rings (SSSR count). The number of carbonyl (C=O) groups excluding carboxylic acids is 2. The maximum absolute atomic E-state index is 12.4. The molecule has 0 aromatic carbocycles. The van der Waals surface area contributed by atoms with Crippen molar-refractivity contribution < 1.29 is 33.6 Å². The third-order valence-corrected chi connectivity index (χ3v) is 3.98. The third kappa shape index (κ3) is 2.54. The standard InChI is InChI=1S/C14H22O7/c1-8(2)9-7-13(5,17-6)20-21-14(9)10(15)18-12(3,4)19-11(14)16/h8-9H,7H2,1-6H3. The topological polar surface area (TPSA) is 80.3 Å². The Morgan fingerprint density at radius 3 is 2.05 bits per heavy atom. The number of hydrogen-bond acceptors (Lipinski definition) is 7. The molecule has 7 heteroatoms. The summed E-state index contributed by atoms with van der Waals surface area (Å²) in [5, 5.41) is 0. The van der Waals surface area contributed by atoms with Crippen molar-refractivity contribution >= 4 is 11.9 Å². The molecule has 2 saturated heterocycles. The van der Waals surface area contributed by atoms with Gasteiger partial charge in [0.2, 0.25) is 0 Å². The molecule has 2 unspecified atom stereocenters. The fraction of sp³-hybridized carbons (Fsp3) is 0.857.